The third-order valence-corrected chi connectivity index (χ3v) is 3.08. The van der Waals surface area contributed by atoms with Gasteiger partial charge in [0.05, 0.1) is 12.6 Å². The van der Waals surface area contributed by atoms with Gasteiger partial charge >= 0.3 is 0 Å². The van der Waals surface area contributed by atoms with Crippen molar-refractivity contribution in [3.8, 4) is 5.75 Å². The van der Waals surface area contributed by atoms with Gasteiger partial charge in [-0.3, -0.25) is 0 Å². The molecule has 2 aromatic rings. The maximum atomic E-state index is 9.89. The summed E-state index contributed by atoms with van der Waals surface area (Å²) in [5, 5.41) is 9.89. The minimum Gasteiger partial charge on any atom is -0.492 e. The molecule has 19 heavy (non-hydrogen) atoms. The van der Waals surface area contributed by atoms with Crippen molar-refractivity contribution in [2.45, 2.75) is 32.4 Å². The Kier molecular flexibility index (Phi) is 5.04. The van der Waals surface area contributed by atoms with Crippen LogP contribution in [0.15, 0.2) is 48.8 Å². The lowest BCUT2D eigenvalue weighted by atomic mass is 10.1. The fourth-order valence-electron chi connectivity index (χ4n) is 2.02. The van der Waals surface area contributed by atoms with Crippen LogP contribution in [-0.4, -0.2) is 16.3 Å². The number of hydrogen-bond donors (Lipinski definition) is 1. The summed E-state index contributed by atoms with van der Waals surface area (Å²) in [5.41, 5.74) is 0.988. The number of aromatic nitrogens is 1. The molecule has 1 N–H and O–H groups in total. The van der Waals surface area contributed by atoms with Crippen molar-refractivity contribution in [3.63, 3.8) is 0 Å². The van der Waals surface area contributed by atoms with Crippen LogP contribution >= 0.6 is 0 Å². The molecule has 0 fully saturated rings. The Labute approximate surface area is 114 Å². The molecule has 102 valence electrons. The van der Waals surface area contributed by atoms with Gasteiger partial charge in [-0.2, -0.15) is 0 Å². The third-order valence-electron chi connectivity index (χ3n) is 3.08. The molecule has 0 aliphatic carbocycles. The highest BCUT2D eigenvalue weighted by atomic mass is 16.5. The van der Waals surface area contributed by atoms with Crippen LogP contribution in [0.25, 0.3) is 0 Å². The largest absolute Gasteiger partial charge is 0.492 e. The Hall–Kier alpha value is -1.74. The van der Waals surface area contributed by atoms with E-state index in [0.29, 0.717) is 6.61 Å². The third kappa shape index (κ3) is 4.14. The van der Waals surface area contributed by atoms with E-state index in [0.717, 1.165) is 30.7 Å². The highest BCUT2D eigenvalue weighted by Crippen LogP contribution is 2.18. The summed E-state index contributed by atoms with van der Waals surface area (Å²) < 4.78 is 7.70. The van der Waals surface area contributed by atoms with Crippen molar-refractivity contribution in [1.82, 2.24) is 4.57 Å². The predicted molar refractivity (Wildman–Crippen MR) is 76.2 cm³/mol. The van der Waals surface area contributed by atoms with E-state index in [1.165, 1.54) is 0 Å². The first-order chi connectivity index (χ1) is 9.29. The van der Waals surface area contributed by atoms with Gasteiger partial charge in [0.1, 0.15) is 12.4 Å². The Bertz CT molecular complexity index is 479. The fraction of sp³-hybridized carbons (Fsp3) is 0.375. The molecular formula is C16H21NO2. The average molecular weight is 259 g/mol. The molecule has 0 amide bonds. The lowest BCUT2D eigenvalue weighted by Crippen LogP contribution is -2.06. The quantitative estimate of drug-likeness (QED) is 0.827. The molecule has 1 aromatic carbocycles. The molecule has 2 rings (SSSR count). The smallest absolute Gasteiger partial charge is 0.119 e. The fourth-order valence-corrected chi connectivity index (χ4v) is 2.02. The second kappa shape index (κ2) is 7.00. The summed E-state index contributed by atoms with van der Waals surface area (Å²) in [4.78, 5) is 0. The molecule has 0 bridgehead atoms. The van der Waals surface area contributed by atoms with E-state index in [1.54, 1.807) is 0 Å². The predicted octanol–water partition coefficient (Wildman–Crippen LogP) is 3.40. The minimum absolute atomic E-state index is 0.346. The van der Waals surface area contributed by atoms with Crippen LogP contribution in [0.2, 0.25) is 0 Å². The summed E-state index contributed by atoms with van der Waals surface area (Å²) in [6, 6.07) is 11.8. The van der Waals surface area contributed by atoms with Gasteiger partial charge in [-0.15, -0.1) is 0 Å². The number of aliphatic hydroxyl groups is 1. The first-order valence-electron chi connectivity index (χ1n) is 6.81. The number of benzene rings is 1. The summed E-state index contributed by atoms with van der Waals surface area (Å²) in [6.07, 6.45) is 5.44. The summed E-state index contributed by atoms with van der Waals surface area (Å²) in [5.74, 6) is 0.890. The van der Waals surface area contributed by atoms with Crippen molar-refractivity contribution in [2.24, 2.45) is 0 Å². The number of hydrogen-bond acceptors (Lipinski definition) is 2. The Morgan fingerprint density at radius 3 is 2.74 bits per heavy atom. The molecule has 1 unspecified atom stereocenters. The molecular weight excluding hydrogens is 238 g/mol. The van der Waals surface area contributed by atoms with Gasteiger partial charge in [0.15, 0.2) is 0 Å². The van der Waals surface area contributed by atoms with Crippen LogP contribution in [-0.2, 0) is 6.54 Å². The van der Waals surface area contributed by atoms with E-state index in [1.807, 2.05) is 48.8 Å². The SMILES string of the molecule is CCCC(O)c1ccn(CCOc2ccccc2)c1. The molecule has 0 aliphatic rings. The normalized spacial score (nSPS) is 12.3. The lowest BCUT2D eigenvalue weighted by molar-refractivity contribution is 0.166. The monoisotopic (exact) mass is 259 g/mol. The van der Waals surface area contributed by atoms with Crippen LogP contribution in [0.1, 0.15) is 31.4 Å². The van der Waals surface area contributed by atoms with Crippen LogP contribution in [0.5, 0.6) is 5.75 Å². The number of nitrogens with zero attached hydrogens (tertiary/aromatic N) is 1. The number of ether oxygens (including phenoxy) is 1. The van der Waals surface area contributed by atoms with Gasteiger partial charge in [-0.1, -0.05) is 31.5 Å². The minimum atomic E-state index is -0.346. The summed E-state index contributed by atoms with van der Waals surface area (Å²) >= 11 is 0. The molecule has 1 aromatic heterocycles. The van der Waals surface area contributed by atoms with Crippen molar-refractivity contribution >= 4 is 0 Å². The second-order valence-corrected chi connectivity index (χ2v) is 4.65. The number of rotatable bonds is 7. The molecule has 1 heterocycles. The van der Waals surface area contributed by atoms with E-state index < -0.39 is 0 Å². The summed E-state index contributed by atoms with van der Waals surface area (Å²) in [7, 11) is 0. The first kappa shape index (κ1) is 13.7. The van der Waals surface area contributed by atoms with Gasteiger partial charge in [-0.25, -0.2) is 0 Å². The molecule has 0 radical (unpaired) electrons. The zero-order valence-electron chi connectivity index (χ0n) is 11.3. The average Bonchev–Trinajstić information content (AvgIpc) is 2.89. The topological polar surface area (TPSA) is 34.4 Å². The Balaban J connectivity index is 1.80. The van der Waals surface area contributed by atoms with Crippen LogP contribution in [0.3, 0.4) is 0 Å². The van der Waals surface area contributed by atoms with E-state index in [-0.39, 0.29) is 6.10 Å². The van der Waals surface area contributed by atoms with Gasteiger partial charge in [0, 0.05) is 12.4 Å². The Morgan fingerprint density at radius 1 is 1.21 bits per heavy atom. The Morgan fingerprint density at radius 2 is 2.00 bits per heavy atom. The molecule has 3 heteroatoms. The molecule has 0 saturated heterocycles. The van der Waals surface area contributed by atoms with Crippen LogP contribution in [0, 0.1) is 0 Å². The highest BCUT2D eigenvalue weighted by Gasteiger charge is 2.07. The molecule has 0 spiro atoms. The maximum absolute atomic E-state index is 9.89. The van der Waals surface area contributed by atoms with Crippen LogP contribution < -0.4 is 4.74 Å². The van der Waals surface area contributed by atoms with Gasteiger partial charge in [0.2, 0.25) is 0 Å². The van der Waals surface area contributed by atoms with E-state index >= 15 is 0 Å². The first-order valence-corrected chi connectivity index (χ1v) is 6.81. The van der Waals surface area contributed by atoms with Crippen LogP contribution in [0.4, 0.5) is 0 Å². The van der Waals surface area contributed by atoms with Crippen molar-refractivity contribution in [3.05, 3.63) is 54.4 Å². The van der Waals surface area contributed by atoms with E-state index in [2.05, 4.69) is 11.5 Å². The zero-order valence-corrected chi connectivity index (χ0v) is 11.3. The summed E-state index contributed by atoms with van der Waals surface area (Å²) in [6.45, 7) is 3.49. The number of aliphatic hydroxyl groups excluding tert-OH is 1. The lowest BCUT2D eigenvalue weighted by Gasteiger charge is -2.08. The van der Waals surface area contributed by atoms with Crippen molar-refractivity contribution < 1.29 is 9.84 Å². The standard InChI is InChI=1S/C16H21NO2/c1-2-6-16(18)14-9-10-17(13-14)11-12-19-15-7-4-3-5-8-15/h3-5,7-10,13,16,18H,2,6,11-12H2,1H3. The van der Waals surface area contributed by atoms with Crippen molar-refractivity contribution in [2.75, 3.05) is 6.61 Å². The van der Waals surface area contributed by atoms with E-state index in [9.17, 15) is 5.11 Å². The maximum Gasteiger partial charge on any atom is 0.119 e. The molecule has 0 saturated carbocycles. The van der Waals surface area contributed by atoms with E-state index in [4.69, 9.17) is 4.74 Å². The zero-order chi connectivity index (χ0) is 13.5. The molecule has 0 aliphatic heterocycles. The van der Waals surface area contributed by atoms with Gasteiger partial charge in [0.25, 0.3) is 0 Å². The highest BCUT2D eigenvalue weighted by molar-refractivity contribution is 5.20. The molecule has 3 nitrogen and oxygen atoms in total. The number of para-hydroxylation sites is 1. The second-order valence-electron chi connectivity index (χ2n) is 4.65. The van der Waals surface area contributed by atoms with Gasteiger partial charge < -0.3 is 14.4 Å². The van der Waals surface area contributed by atoms with Crippen molar-refractivity contribution in [1.29, 1.82) is 0 Å². The van der Waals surface area contributed by atoms with Gasteiger partial charge in [-0.05, 0) is 30.2 Å². The molecule has 1 atom stereocenters.